The molecule has 0 aliphatic carbocycles. The molecule has 3 aromatic rings. The maximum atomic E-state index is 13.3. The Balaban J connectivity index is 1.96. The molecular weight excluding hydrogens is 410 g/mol. The van der Waals surface area contributed by atoms with Crippen LogP contribution >= 0.6 is 0 Å². The number of amides is 1. The van der Waals surface area contributed by atoms with Crippen LogP contribution in [0.5, 0.6) is 23.0 Å². The molecule has 1 atom stereocenters. The Morgan fingerprint density at radius 2 is 1.78 bits per heavy atom. The highest BCUT2D eigenvalue weighted by molar-refractivity contribution is 6.00. The molecule has 1 aromatic heterocycles. The number of benzene rings is 2. The summed E-state index contributed by atoms with van der Waals surface area (Å²) in [5.41, 5.74) is 4.05. The Bertz CT molecular complexity index is 1150. The summed E-state index contributed by atoms with van der Waals surface area (Å²) in [6.07, 6.45) is 0.787. The number of rotatable bonds is 7. The van der Waals surface area contributed by atoms with E-state index in [0.29, 0.717) is 40.7 Å². The van der Waals surface area contributed by atoms with E-state index in [1.165, 1.54) is 0 Å². The van der Waals surface area contributed by atoms with Gasteiger partial charge < -0.3 is 24.2 Å². The molecule has 1 amide bonds. The minimum atomic E-state index is -0.431. The van der Waals surface area contributed by atoms with Crippen LogP contribution in [0.4, 0.5) is 0 Å². The number of ether oxygens (including phenoxy) is 3. The van der Waals surface area contributed by atoms with Gasteiger partial charge in [0.15, 0.2) is 11.5 Å². The third-order valence-electron chi connectivity index (χ3n) is 5.74. The second kappa shape index (κ2) is 8.45. The van der Waals surface area contributed by atoms with Crippen LogP contribution in [-0.4, -0.2) is 54.0 Å². The third kappa shape index (κ3) is 3.32. The molecule has 0 spiro atoms. The van der Waals surface area contributed by atoms with Crippen molar-refractivity contribution in [3.05, 3.63) is 52.7 Å². The predicted molar refractivity (Wildman–Crippen MR) is 120 cm³/mol. The van der Waals surface area contributed by atoms with Crippen molar-refractivity contribution >= 4 is 5.91 Å². The van der Waals surface area contributed by atoms with Crippen molar-refractivity contribution in [1.29, 1.82) is 0 Å². The summed E-state index contributed by atoms with van der Waals surface area (Å²) >= 11 is 0. The summed E-state index contributed by atoms with van der Waals surface area (Å²) in [4.78, 5) is 15.1. The van der Waals surface area contributed by atoms with E-state index in [-0.39, 0.29) is 11.7 Å². The summed E-state index contributed by atoms with van der Waals surface area (Å²) in [7, 11) is 4.67. The molecule has 0 bridgehead atoms. The fraction of sp³-hybridized carbons (Fsp3) is 0.333. The Morgan fingerprint density at radius 3 is 2.38 bits per heavy atom. The number of aromatic hydroxyl groups is 1. The van der Waals surface area contributed by atoms with E-state index in [1.807, 2.05) is 38.1 Å². The van der Waals surface area contributed by atoms with Gasteiger partial charge in [-0.05, 0) is 43.2 Å². The van der Waals surface area contributed by atoms with Crippen molar-refractivity contribution in [2.24, 2.45) is 0 Å². The van der Waals surface area contributed by atoms with Gasteiger partial charge in [-0.2, -0.15) is 5.10 Å². The summed E-state index contributed by atoms with van der Waals surface area (Å²) in [6.45, 7) is 4.53. The van der Waals surface area contributed by atoms with Crippen LogP contribution < -0.4 is 14.2 Å². The van der Waals surface area contributed by atoms with Crippen LogP contribution in [0.3, 0.4) is 0 Å². The molecule has 0 unspecified atom stereocenters. The molecule has 2 heterocycles. The summed E-state index contributed by atoms with van der Waals surface area (Å²) in [6, 6.07) is 8.61. The summed E-state index contributed by atoms with van der Waals surface area (Å²) < 4.78 is 16.6. The molecule has 0 radical (unpaired) electrons. The Hall–Kier alpha value is -3.68. The highest BCUT2D eigenvalue weighted by Gasteiger charge is 2.42. The van der Waals surface area contributed by atoms with Gasteiger partial charge in [0.2, 0.25) is 5.75 Å². The van der Waals surface area contributed by atoms with Crippen LogP contribution in [0.15, 0.2) is 30.3 Å². The number of aromatic nitrogens is 2. The average molecular weight is 437 g/mol. The number of aryl methyl sites for hydroxylation is 1. The van der Waals surface area contributed by atoms with E-state index in [0.717, 1.165) is 23.1 Å². The number of fused-ring (bicyclic) bond motifs is 1. The van der Waals surface area contributed by atoms with E-state index in [4.69, 9.17) is 14.2 Å². The fourth-order valence-corrected chi connectivity index (χ4v) is 4.32. The molecule has 4 rings (SSSR count). The van der Waals surface area contributed by atoms with Crippen molar-refractivity contribution in [2.75, 3.05) is 27.9 Å². The largest absolute Gasteiger partial charge is 0.507 e. The van der Waals surface area contributed by atoms with Crippen molar-refractivity contribution in [3.63, 3.8) is 0 Å². The maximum absolute atomic E-state index is 13.3. The smallest absolute Gasteiger partial charge is 0.273 e. The van der Waals surface area contributed by atoms with Gasteiger partial charge in [-0.1, -0.05) is 18.6 Å². The lowest BCUT2D eigenvalue weighted by atomic mass is 9.94. The molecule has 168 valence electrons. The van der Waals surface area contributed by atoms with E-state index in [1.54, 1.807) is 32.3 Å². The van der Waals surface area contributed by atoms with E-state index in [2.05, 4.69) is 10.2 Å². The Labute approximate surface area is 186 Å². The van der Waals surface area contributed by atoms with E-state index < -0.39 is 6.04 Å². The number of hydrogen-bond acceptors (Lipinski definition) is 6. The number of hydrogen-bond donors (Lipinski definition) is 2. The van der Waals surface area contributed by atoms with Gasteiger partial charge in [-0.15, -0.1) is 0 Å². The zero-order chi connectivity index (χ0) is 23.0. The lowest BCUT2D eigenvalue weighted by Crippen LogP contribution is -2.30. The quantitative estimate of drug-likeness (QED) is 0.578. The molecular formula is C24H27N3O5. The number of H-pyrrole nitrogens is 1. The lowest BCUT2D eigenvalue weighted by Gasteiger charge is -2.27. The minimum absolute atomic E-state index is 0.106. The molecule has 8 nitrogen and oxygen atoms in total. The van der Waals surface area contributed by atoms with Crippen LogP contribution in [0.1, 0.15) is 46.6 Å². The normalized spacial score (nSPS) is 15.1. The van der Waals surface area contributed by atoms with Crippen molar-refractivity contribution in [2.45, 2.75) is 26.3 Å². The highest BCUT2D eigenvalue weighted by atomic mass is 16.5. The number of methoxy groups -OCH3 is 3. The number of phenols is 1. The number of nitrogens with zero attached hydrogens (tertiary/aromatic N) is 2. The first kappa shape index (κ1) is 21.5. The molecule has 0 fully saturated rings. The number of aromatic amines is 1. The molecule has 2 aromatic carbocycles. The zero-order valence-corrected chi connectivity index (χ0v) is 18.9. The predicted octanol–water partition coefficient (Wildman–Crippen LogP) is 4.07. The van der Waals surface area contributed by atoms with Crippen LogP contribution in [-0.2, 0) is 0 Å². The number of nitrogens with one attached hydrogen (secondary N) is 1. The molecule has 1 aliphatic heterocycles. The summed E-state index contributed by atoms with van der Waals surface area (Å²) in [5.74, 6) is 1.46. The number of carbonyl (C=O) groups excluding carboxylic acids is 1. The maximum Gasteiger partial charge on any atom is 0.273 e. The zero-order valence-electron chi connectivity index (χ0n) is 18.9. The number of phenolic OH excluding ortho intramolecular Hbond substituents is 1. The molecule has 1 aliphatic rings. The SMILES string of the molecule is CCCN1C(=O)c2[nH]nc(-c3cc(C)ccc3O)c2[C@H]1c1cc(OC)c(OC)c(OC)c1. The first-order valence-corrected chi connectivity index (χ1v) is 10.4. The Morgan fingerprint density at radius 1 is 1.09 bits per heavy atom. The van der Waals surface area contributed by atoms with E-state index >= 15 is 0 Å². The minimum Gasteiger partial charge on any atom is -0.507 e. The van der Waals surface area contributed by atoms with Crippen LogP contribution in [0.2, 0.25) is 0 Å². The second-order valence-corrected chi connectivity index (χ2v) is 7.74. The molecule has 0 saturated heterocycles. The van der Waals surface area contributed by atoms with Gasteiger partial charge in [-0.3, -0.25) is 9.89 Å². The first-order chi connectivity index (χ1) is 15.4. The highest BCUT2D eigenvalue weighted by Crippen LogP contribution is 2.48. The van der Waals surface area contributed by atoms with Crippen molar-refractivity contribution in [1.82, 2.24) is 15.1 Å². The Kier molecular flexibility index (Phi) is 5.69. The number of carbonyl (C=O) groups is 1. The van der Waals surface area contributed by atoms with Gasteiger partial charge in [-0.25, -0.2) is 0 Å². The van der Waals surface area contributed by atoms with Gasteiger partial charge in [0, 0.05) is 17.7 Å². The average Bonchev–Trinajstić information content (AvgIpc) is 3.34. The fourth-order valence-electron chi connectivity index (χ4n) is 4.32. The topological polar surface area (TPSA) is 96.9 Å². The standard InChI is InChI=1S/C24H27N3O5/c1-6-9-27-22(14-11-17(30-3)23(32-5)18(12-14)31-4)19-20(25-26-21(19)24(27)29)15-10-13(2)7-8-16(15)28/h7-8,10-12,22,28H,6,9H2,1-5H3,(H,25,26)/t22-/m1/s1. The van der Waals surface area contributed by atoms with Gasteiger partial charge in [0.25, 0.3) is 5.91 Å². The first-order valence-electron chi connectivity index (χ1n) is 10.4. The van der Waals surface area contributed by atoms with Crippen molar-refractivity contribution < 1.29 is 24.1 Å². The van der Waals surface area contributed by atoms with Crippen molar-refractivity contribution in [3.8, 4) is 34.3 Å². The van der Waals surface area contributed by atoms with Gasteiger partial charge in [0.1, 0.15) is 17.1 Å². The lowest BCUT2D eigenvalue weighted by molar-refractivity contribution is 0.0743. The second-order valence-electron chi connectivity index (χ2n) is 7.74. The molecule has 2 N–H and O–H groups in total. The van der Waals surface area contributed by atoms with Gasteiger partial charge >= 0.3 is 0 Å². The van der Waals surface area contributed by atoms with E-state index in [9.17, 15) is 9.90 Å². The molecule has 8 heteroatoms. The monoisotopic (exact) mass is 437 g/mol. The van der Waals surface area contributed by atoms with Gasteiger partial charge in [0.05, 0.1) is 27.4 Å². The van der Waals surface area contributed by atoms with Crippen LogP contribution in [0, 0.1) is 6.92 Å². The molecule has 0 saturated carbocycles. The third-order valence-corrected chi connectivity index (χ3v) is 5.74. The molecule has 32 heavy (non-hydrogen) atoms. The van der Waals surface area contributed by atoms with Crippen LogP contribution in [0.25, 0.3) is 11.3 Å². The summed E-state index contributed by atoms with van der Waals surface area (Å²) in [5, 5.41) is 17.9.